The van der Waals surface area contributed by atoms with Gasteiger partial charge >= 0.3 is 0 Å². The van der Waals surface area contributed by atoms with Crippen LogP contribution in [0.15, 0.2) is 0 Å². The van der Waals surface area contributed by atoms with E-state index in [2.05, 4.69) is 5.32 Å². The molecule has 1 spiro atoms. The molecule has 0 aromatic rings. The van der Waals surface area contributed by atoms with Crippen molar-refractivity contribution in [2.24, 2.45) is 0 Å². The fourth-order valence-corrected chi connectivity index (χ4v) is 3.67. The largest absolute Gasteiger partial charge is 0.342 e. The van der Waals surface area contributed by atoms with Gasteiger partial charge in [0.1, 0.15) is 5.54 Å². The van der Waals surface area contributed by atoms with E-state index in [0.29, 0.717) is 19.5 Å². The van der Waals surface area contributed by atoms with Crippen LogP contribution in [0.2, 0.25) is 0 Å². The van der Waals surface area contributed by atoms with Crippen LogP contribution in [0.25, 0.3) is 0 Å². The maximum Gasteiger partial charge on any atom is 0.248 e. The Morgan fingerprint density at radius 2 is 1.95 bits per heavy atom. The first kappa shape index (κ1) is 16.5. The minimum absolute atomic E-state index is 0.0140. The predicted molar refractivity (Wildman–Crippen MR) is 83.3 cm³/mol. The third kappa shape index (κ3) is 3.84. The molecule has 120 valence electrons. The Morgan fingerprint density at radius 1 is 1.29 bits per heavy atom. The second kappa shape index (κ2) is 6.90. The van der Waals surface area contributed by atoms with Crippen LogP contribution in [0.5, 0.6) is 0 Å². The number of carbonyl (C=O) groups is 2. The average molecular weight is 314 g/mol. The fourth-order valence-electron chi connectivity index (χ4n) is 3.23. The summed E-state index contributed by atoms with van der Waals surface area (Å²) in [6.45, 7) is 3.02. The second-order valence-corrected chi connectivity index (χ2v) is 8.13. The van der Waals surface area contributed by atoms with E-state index in [4.69, 9.17) is 0 Å². The molecule has 2 amide bonds. The highest BCUT2D eigenvalue weighted by Gasteiger charge is 2.44. The number of nitrogens with one attached hydrogen (secondary N) is 1. The lowest BCUT2D eigenvalue weighted by atomic mass is 9.80. The molecule has 1 aliphatic carbocycles. The molecule has 6 heteroatoms. The number of hydrogen-bond donors (Lipinski definition) is 1. The summed E-state index contributed by atoms with van der Waals surface area (Å²) in [7, 11) is -0.871. The molecule has 0 bridgehead atoms. The first-order valence-corrected chi connectivity index (χ1v) is 9.49. The molecule has 1 saturated carbocycles. The lowest BCUT2D eigenvalue weighted by Gasteiger charge is -2.38. The van der Waals surface area contributed by atoms with Crippen molar-refractivity contribution < 1.29 is 13.8 Å². The topological polar surface area (TPSA) is 66.5 Å². The van der Waals surface area contributed by atoms with Gasteiger partial charge in [-0.15, -0.1) is 0 Å². The Bertz CT molecular complexity index is 433. The van der Waals surface area contributed by atoms with Gasteiger partial charge in [0.2, 0.25) is 11.8 Å². The van der Waals surface area contributed by atoms with Gasteiger partial charge in [-0.2, -0.15) is 0 Å². The molecule has 1 saturated heterocycles. The number of amides is 2. The zero-order chi connectivity index (χ0) is 15.5. The summed E-state index contributed by atoms with van der Waals surface area (Å²) in [5.41, 5.74) is -0.666. The molecular weight excluding hydrogens is 288 g/mol. The second-order valence-electron chi connectivity index (χ2n) is 6.33. The van der Waals surface area contributed by atoms with Crippen LogP contribution in [-0.4, -0.2) is 51.1 Å². The molecule has 1 N–H and O–H groups in total. The molecule has 1 heterocycles. The van der Waals surface area contributed by atoms with E-state index < -0.39 is 16.3 Å². The summed E-state index contributed by atoms with van der Waals surface area (Å²) < 4.78 is 11.5. The number of hydrogen-bond acceptors (Lipinski definition) is 3. The monoisotopic (exact) mass is 314 g/mol. The van der Waals surface area contributed by atoms with Crippen molar-refractivity contribution in [2.75, 3.05) is 19.3 Å². The summed E-state index contributed by atoms with van der Waals surface area (Å²) >= 11 is 0. The van der Waals surface area contributed by atoms with E-state index in [1.54, 1.807) is 6.26 Å². The molecule has 1 aliphatic heterocycles. The van der Waals surface area contributed by atoms with Crippen molar-refractivity contribution in [3.05, 3.63) is 0 Å². The summed E-state index contributed by atoms with van der Waals surface area (Å²) in [5, 5.41) is 3.07. The molecule has 2 unspecified atom stereocenters. The Morgan fingerprint density at radius 3 is 2.57 bits per heavy atom. The van der Waals surface area contributed by atoms with Crippen molar-refractivity contribution in [3.63, 3.8) is 0 Å². The number of rotatable bonds is 4. The van der Waals surface area contributed by atoms with Gasteiger partial charge in [-0.3, -0.25) is 13.8 Å². The van der Waals surface area contributed by atoms with E-state index in [1.165, 1.54) is 0 Å². The van der Waals surface area contributed by atoms with Crippen LogP contribution in [0.1, 0.15) is 51.9 Å². The fraction of sp³-hybridized carbons (Fsp3) is 0.867. The Kier molecular flexibility index (Phi) is 5.41. The molecule has 5 nitrogen and oxygen atoms in total. The Hall–Kier alpha value is -0.910. The van der Waals surface area contributed by atoms with Crippen LogP contribution in [0.3, 0.4) is 0 Å². The summed E-state index contributed by atoms with van der Waals surface area (Å²) in [6.07, 6.45) is 7.42. The van der Waals surface area contributed by atoms with E-state index in [1.807, 2.05) is 11.8 Å². The maximum atomic E-state index is 12.9. The molecule has 0 radical (unpaired) electrons. The highest BCUT2D eigenvalue weighted by atomic mass is 32.2. The highest BCUT2D eigenvalue weighted by Crippen LogP contribution is 2.31. The minimum atomic E-state index is -0.871. The SMILES string of the molecule is CC(CCN1CCC(=O)NC2(CCCCC2)C1=O)S(C)=O. The average Bonchev–Trinajstić information content (AvgIpc) is 2.56. The summed E-state index contributed by atoms with van der Waals surface area (Å²) in [4.78, 5) is 26.7. The van der Waals surface area contributed by atoms with Crippen LogP contribution in [-0.2, 0) is 20.4 Å². The zero-order valence-corrected chi connectivity index (χ0v) is 13.8. The third-order valence-corrected chi connectivity index (χ3v) is 6.13. The van der Waals surface area contributed by atoms with Gasteiger partial charge in [0.25, 0.3) is 0 Å². The molecule has 2 rings (SSSR count). The Labute approximate surface area is 129 Å². The molecule has 21 heavy (non-hydrogen) atoms. The number of carbonyl (C=O) groups excluding carboxylic acids is 2. The summed E-state index contributed by atoms with van der Waals surface area (Å²) in [5.74, 6) is 0.0574. The lowest BCUT2D eigenvalue weighted by Crippen LogP contribution is -2.58. The van der Waals surface area contributed by atoms with Crippen LogP contribution in [0.4, 0.5) is 0 Å². The molecule has 2 fully saturated rings. The van der Waals surface area contributed by atoms with Gasteiger partial charge in [-0.1, -0.05) is 26.2 Å². The van der Waals surface area contributed by atoms with Crippen molar-refractivity contribution >= 4 is 22.6 Å². The van der Waals surface area contributed by atoms with E-state index >= 15 is 0 Å². The minimum Gasteiger partial charge on any atom is -0.342 e. The van der Waals surface area contributed by atoms with Gasteiger partial charge < -0.3 is 10.2 Å². The molecule has 0 aromatic carbocycles. The lowest BCUT2D eigenvalue weighted by molar-refractivity contribution is -0.140. The van der Waals surface area contributed by atoms with Gasteiger partial charge in [-0.25, -0.2) is 0 Å². The molecular formula is C15H26N2O3S. The van der Waals surface area contributed by atoms with E-state index in [9.17, 15) is 13.8 Å². The Balaban J connectivity index is 2.08. The third-order valence-electron chi connectivity index (χ3n) is 4.76. The zero-order valence-electron chi connectivity index (χ0n) is 13.0. The highest BCUT2D eigenvalue weighted by molar-refractivity contribution is 7.84. The van der Waals surface area contributed by atoms with Crippen molar-refractivity contribution in [2.45, 2.75) is 62.7 Å². The van der Waals surface area contributed by atoms with Crippen molar-refractivity contribution in [3.8, 4) is 0 Å². The van der Waals surface area contributed by atoms with E-state index in [0.717, 1.165) is 38.5 Å². The van der Waals surface area contributed by atoms with Crippen LogP contribution >= 0.6 is 0 Å². The van der Waals surface area contributed by atoms with Crippen molar-refractivity contribution in [1.29, 1.82) is 0 Å². The summed E-state index contributed by atoms with van der Waals surface area (Å²) in [6, 6.07) is 0. The standard InChI is InChI=1S/C15H26N2O3S/c1-12(21(2)20)6-10-17-11-7-13(18)16-15(14(17)19)8-4-3-5-9-15/h12H,3-11H2,1-2H3,(H,16,18). The van der Waals surface area contributed by atoms with Crippen LogP contribution in [0, 0.1) is 0 Å². The first-order valence-electron chi connectivity index (χ1n) is 7.87. The molecule has 0 aromatic heterocycles. The van der Waals surface area contributed by atoms with Crippen LogP contribution < -0.4 is 5.32 Å². The van der Waals surface area contributed by atoms with Gasteiger partial charge in [0.05, 0.1) is 0 Å². The quantitative estimate of drug-likeness (QED) is 0.848. The van der Waals surface area contributed by atoms with Gasteiger partial charge in [0.15, 0.2) is 0 Å². The van der Waals surface area contributed by atoms with Crippen molar-refractivity contribution in [1.82, 2.24) is 10.2 Å². The first-order chi connectivity index (χ1) is 9.94. The normalized spacial score (nSPS) is 25.3. The number of nitrogens with zero attached hydrogens (tertiary/aromatic N) is 1. The maximum absolute atomic E-state index is 12.9. The molecule has 2 atom stereocenters. The smallest absolute Gasteiger partial charge is 0.248 e. The predicted octanol–water partition coefficient (Wildman–Crippen LogP) is 1.19. The van der Waals surface area contributed by atoms with E-state index in [-0.39, 0.29) is 17.1 Å². The van der Waals surface area contributed by atoms with Gasteiger partial charge in [-0.05, 0) is 19.3 Å². The van der Waals surface area contributed by atoms with Gasteiger partial charge in [0, 0.05) is 41.8 Å². The molecule has 2 aliphatic rings.